The predicted octanol–water partition coefficient (Wildman–Crippen LogP) is 4.30. The molecule has 110 valence electrons. The van der Waals surface area contributed by atoms with E-state index in [1.807, 2.05) is 22.0 Å². The molecule has 1 fully saturated rings. The number of nitrogens with zero attached hydrogens (tertiary/aromatic N) is 1. The Morgan fingerprint density at radius 3 is 2.71 bits per heavy atom. The van der Waals surface area contributed by atoms with Gasteiger partial charge < -0.3 is 4.90 Å². The number of carbonyl (C=O) groups excluding carboxylic acids is 1. The minimum atomic E-state index is 0.197. The molecule has 4 heteroatoms. The van der Waals surface area contributed by atoms with E-state index in [0.717, 1.165) is 41.3 Å². The summed E-state index contributed by atoms with van der Waals surface area (Å²) < 4.78 is 0. The number of rotatable bonds is 2. The largest absolute Gasteiger partial charge is 0.337 e. The molecule has 2 nitrogen and oxygen atoms in total. The molecular formula is C17H19NOS2. The zero-order valence-corrected chi connectivity index (χ0v) is 13.8. The van der Waals surface area contributed by atoms with E-state index in [-0.39, 0.29) is 5.91 Å². The van der Waals surface area contributed by atoms with E-state index in [1.165, 1.54) is 11.3 Å². The average molecular weight is 317 g/mol. The van der Waals surface area contributed by atoms with Gasteiger partial charge in [0.1, 0.15) is 0 Å². The second-order valence-electron chi connectivity index (χ2n) is 5.29. The lowest BCUT2D eigenvalue weighted by molar-refractivity contribution is 0.0774. The SMILES string of the molecule is Cc1ccc(-c2ccsc2C(=O)N2CCCSCC2)cc1. The van der Waals surface area contributed by atoms with Gasteiger partial charge in [-0.3, -0.25) is 4.79 Å². The summed E-state index contributed by atoms with van der Waals surface area (Å²) in [6, 6.07) is 10.5. The van der Waals surface area contributed by atoms with Gasteiger partial charge in [0.25, 0.3) is 5.91 Å². The maximum Gasteiger partial charge on any atom is 0.264 e. The molecular weight excluding hydrogens is 298 g/mol. The van der Waals surface area contributed by atoms with Gasteiger partial charge in [0.2, 0.25) is 0 Å². The molecule has 3 rings (SSSR count). The third-order valence-corrected chi connectivity index (χ3v) is 5.68. The molecule has 2 aromatic rings. The van der Waals surface area contributed by atoms with E-state index in [1.54, 1.807) is 11.3 Å². The van der Waals surface area contributed by atoms with Gasteiger partial charge in [-0.25, -0.2) is 0 Å². The first kappa shape index (κ1) is 14.7. The highest BCUT2D eigenvalue weighted by Crippen LogP contribution is 2.30. The molecule has 1 amide bonds. The Balaban J connectivity index is 1.87. The van der Waals surface area contributed by atoms with Crippen molar-refractivity contribution in [3.8, 4) is 11.1 Å². The van der Waals surface area contributed by atoms with Crippen molar-refractivity contribution in [2.24, 2.45) is 0 Å². The lowest BCUT2D eigenvalue weighted by Gasteiger charge is -2.20. The third kappa shape index (κ3) is 3.33. The molecule has 0 aliphatic carbocycles. The Bertz CT molecular complexity index is 610. The van der Waals surface area contributed by atoms with Crippen molar-refractivity contribution in [2.75, 3.05) is 24.6 Å². The van der Waals surface area contributed by atoms with Crippen LogP contribution in [0.15, 0.2) is 35.7 Å². The molecule has 1 aliphatic rings. The van der Waals surface area contributed by atoms with Gasteiger partial charge in [-0.15, -0.1) is 11.3 Å². The molecule has 1 aromatic carbocycles. The van der Waals surface area contributed by atoms with Crippen LogP contribution in [-0.2, 0) is 0 Å². The molecule has 0 atom stereocenters. The van der Waals surface area contributed by atoms with Crippen molar-refractivity contribution in [1.29, 1.82) is 0 Å². The van der Waals surface area contributed by atoms with Gasteiger partial charge in [-0.2, -0.15) is 11.8 Å². The van der Waals surface area contributed by atoms with Crippen molar-refractivity contribution < 1.29 is 4.79 Å². The Morgan fingerprint density at radius 2 is 1.90 bits per heavy atom. The summed E-state index contributed by atoms with van der Waals surface area (Å²) in [4.78, 5) is 15.7. The summed E-state index contributed by atoms with van der Waals surface area (Å²) in [7, 11) is 0. The zero-order chi connectivity index (χ0) is 14.7. The second-order valence-corrected chi connectivity index (χ2v) is 7.43. The Kier molecular flexibility index (Phi) is 4.66. The highest BCUT2D eigenvalue weighted by molar-refractivity contribution is 7.99. The fourth-order valence-electron chi connectivity index (χ4n) is 2.53. The van der Waals surface area contributed by atoms with Gasteiger partial charge in [-0.05, 0) is 36.1 Å². The number of hydrogen-bond acceptors (Lipinski definition) is 3. The van der Waals surface area contributed by atoms with Crippen LogP contribution in [0.5, 0.6) is 0 Å². The van der Waals surface area contributed by atoms with Crippen LogP contribution in [0.3, 0.4) is 0 Å². The summed E-state index contributed by atoms with van der Waals surface area (Å²) in [5, 5.41) is 2.02. The van der Waals surface area contributed by atoms with Crippen LogP contribution >= 0.6 is 23.1 Å². The smallest absolute Gasteiger partial charge is 0.264 e. The molecule has 0 N–H and O–H groups in total. The maximum absolute atomic E-state index is 12.8. The first-order valence-electron chi connectivity index (χ1n) is 7.27. The number of hydrogen-bond donors (Lipinski definition) is 0. The fraction of sp³-hybridized carbons (Fsp3) is 0.353. The van der Waals surface area contributed by atoms with Crippen molar-refractivity contribution in [3.05, 3.63) is 46.2 Å². The first-order chi connectivity index (χ1) is 10.3. The summed E-state index contributed by atoms with van der Waals surface area (Å²) in [5.41, 5.74) is 3.45. The number of amides is 1. The van der Waals surface area contributed by atoms with Crippen LogP contribution in [-0.4, -0.2) is 35.4 Å². The van der Waals surface area contributed by atoms with Crippen LogP contribution in [0.1, 0.15) is 21.7 Å². The normalized spacial score (nSPS) is 15.8. The Labute approximate surface area is 134 Å². The van der Waals surface area contributed by atoms with Gasteiger partial charge in [-0.1, -0.05) is 29.8 Å². The van der Waals surface area contributed by atoms with Crippen LogP contribution in [0.25, 0.3) is 11.1 Å². The number of thiophene rings is 1. The lowest BCUT2D eigenvalue weighted by Crippen LogP contribution is -2.32. The molecule has 0 unspecified atom stereocenters. The molecule has 2 heterocycles. The standard InChI is InChI=1S/C17H19NOS2/c1-13-3-5-14(6-4-13)15-7-11-21-16(15)17(19)18-8-2-10-20-12-9-18/h3-7,11H,2,8-10,12H2,1H3. The second kappa shape index (κ2) is 6.67. The van der Waals surface area contributed by atoms with Crippen molar-refractivity contribution >= 4 is 29.0 Å². The van der Waals surface area contributed by atoms with Crippen molar-refractivity contribution in [2.45, 2.75) is 13.3 Å². The highest BCUT2D eigenvalue weighted by Gasteiger charge is 2.21. The molecule has 1 saturated heterocycles. The number of carbonyl (C=O) groups is 1. The predicted molar refractivity (Wildman–Crippen MR) is 92.3 cm³/mol. The molecule has 21 heavy (non-hydrogen) atoms. The minimum absolute atomic E-state index is 0.197. The molecule has 0 saturated carbocycles. The molecule has 1 aliphatic heterocycles. The maximum atomic E-state index is 12.8. The van der Waals surface area contributed by atoms with E-state index < -0.39 is 0 Å². The Hall–Kier alpha value is -1.26. The summed E-state index contributed by atoms with van der Waals surface area (Å²) in [6.07, 6.45) is 1.10. The molecule has 0 radical (unpaired) electrons. The summed E-state index contributed by atoms with van der Waals surface area (Å²) in [6.45, 7) is 3.84. The molecule has 0 bridgehead atoms. The van der Waals surface area contributed by atoms with E-state index in [0.29, 0.717) is 0 Å². The topological polar surface area (TPSA) is 20.3 Å². The van der Waals surface area contributed by atoms with E-state index >= 15 is 0 Å². The van der Waals surface area contributed by atoms with Crippen molar-refractivity contribution in [3.63, 3.8) is 0 Å². The van der Waals surface area contributed by atoms with E-state index in [9.17, 15) is 4.79 Å². The van der Waals surface area contributed by atoms with Gasteiger partial charge >= 0.3 is 0 Å². The van der Waals surface area contributed by atoms with Crippen LogP contribution in [0.2, 0.25) is 0 Å². The van der Waals surface area contributed by atoms with Gasteiger partial charge in [0.15, 0.2) is 0 Å². The number of thioether (sulfide) groups is 1. The number of aryl methyl sites for hydroxylation is 1. The highest BCUT2D eigenvalue weighted by atomic mass is 32.2. The summed E-state index contributed by atoms with van der Waals surface area (Å²) >= 11 is 3.50. The quantitative estimate of drug-likeness (QED) is 0.823. The first-order valence-corrected chi connectivity index (χ1v) is 9.31. The van der Waals surface area contributed by atoms with E-state index in [2.05, 4.69) is 37.3 Å². The lowest BCUT2D eigenvalue weighted by atomic mass is 10.0. The summed E-state index contributed by atoms with van der Waals surface area (Å²) in [5.74, 6) is 2.42. The van der Waals surface area contributed by atoms with Gasteiger partial charge in [0, 0.05) is 24.4 Å². The Morgan fingerprint density at radius 1 is 1.10 bits per heavy atom. The molecule has 1 aromatic heterocycles. The average Bonchev–Trinajstić information content (AvgIpc) is 2.82. The van der Waals surface area contributed by atoms with Crippen LogP contribution in [0.4, 0.5) is 0 Å². The fourth-order valence-corrected chi connectivity index (χ4v) is 4.30. The van der Waals surface area contributed by atoms with Gasteiger partial charge in [0.05, 0.1) is 4.88 Å². The monoisotopic (exact) mass is 317 g/mol. The van der Waals surface area contributed by atoms with Crippen LogP contribution < -0.4 is 0 Å². The zero-order valence-electron chi connectivity index (χ0n) is 12.2. The van der Waals surface area contributed by atoms with E-state index in [4.69, 9.17) is 0 Å². The minimum Gasteiger partial charge on any atom is -0.337 e. The third-order valence-electron chi connectivity index (χ3n) is 3.73. The van der Waals surface area contributed by atoms with Crippen molar-refractivity contribution in [1.82, 2.24) is 4.90 Å². The van der Waals surface area contributed by atoms with Crippen LogP contribution in [0, 0.1) is 6.92 Å². The number of benzene rings is 1. The molecule has 0 spiro atoms.